The average molecular weight is 274 g/mol. The van der Waals surface area contributed by atoms with Crippen molar-refractivity contribution in [3.63, 3.8) is 0 Å². The van der Waals surface area contributed by atoms with Crippen molar-refractivity contribution in [1.82, 2.24) is 10.6 Å². The van der Waals surface area contributed by atoms with Gasteiger partial charge in [0.25, 0.3) is 0 Å². The van der Waals surface area contributed by atoms with Crippen LogP contribution in [0.25, 0.3) is 0 Å². The van der Waals surface area contributed by atoms with Crippen molar-refractivity contribution in [2.75, 3.05) is 13.1 Å². The Bertz CT molecular complexity index is 397. The molecule has 0 radical (unpaired) electrons. The summed E-state index contributed by atoms with van der Waals surface area (Å²) in [6.07, 6.45) is 4.98. The molecule has 2 N–H and O–H groups in total. The molecule has 0 aromatic heterocycles. The lowest BCUT2D eigenvalue weighted by atomic mass is 9.95. The molecule has 1 aliphatic rings. The van der Waals surface area contributed by atoms with Crippen molar-refractivity contribution in [1.29, 1.82) is 0 Å². The predicted octanol–water partition coefficient (Wildman–Crippen LogP) is 2.51. The lowest BCUT2D eigenvalue weighted by Gasteiger charge is -2.27. The molecule has 2 unspecified atom stereocenters. The molecule has 1 aromatic carbocycles. The minimum atomic E-state index is 0.194. The summed E-state index contributed by atoms with van der Waals surface area (Å²) in [5, 5.41) is 6.54. The third kappa shape index (κ3) is 5.33. The van der Waals surface area contributed by atoms with Gasteiger partial charge < -0.3 is 10.6 Å². The molecule has 110 valence electrons. The Morgan fingerprint density at radius 1 is 1.30 bits per heavy atom. The number of aryl methyl sites for hydroxylation is 1. The number of hydrogen-bond donors (Lipinski definition) is 2. The number of hydrogen-bond acceptors (Lipinski definition) is 2. The summed E-state index contributed by atoms with van der Waals surface area (Å²) >= 11 is 0. The van der Waals surface area contributed by atoms with Crippen molar-refractivity contribution in [3.05, 3.63) is 35.9 Å². The van der Waals surface area contributed by atoms with Crippen LogP contribution in [-0.2, 0) is 11.2 Å². The summed E-state index contributed by atoms with van der Waals surface area (Å²) in [5.41, 5.74) is 1.31. The number of carbonyl (C=O) groups excluding carboxylic acids is 1. The van der Waals surface area contributed by atoms with Crippen LogP contribution >= 0.6 is 0 Å². The Morgan fingerprint density at radius 2 is 2.10 bits per heavy atom. The molecule has 1 saturated heterocycles. The fourth-order valence-corrected chi connectivity index (χ4v) is 2.68. The molecule has 1 aliphatic heterocycles. The first-order chi connectivity index (χ1) is 9.74. The molecule has 1 amide bonds. The summed E-state index contributed by atoms with van der Waals surface area (Å²) < 4.78 is 0. The van der Waals surface area contributed by atoms with Gasteiger partial charge in [0, 0.05) is 19.0 Å². The van der Waals surface area contributed by atoms with Gasteiger partial charge in [-0.1, -0.05) is 30.3 Å². The molecule has 0 saturated carbocycles. The van der Waals surface area contributed by atoms with E-state index in [0.717, 1.165) is 25.9 Å². The van der Waals surface area contributed by atoms with Gasteiger partial charge in [0.15, 0.2) is 0 Å². The summed E-state index contributed by atoms with van der Waals surface area (Å²) in [7, 11) is 0. The van der Waals surface area contributed by atoms with E-state index in [1.807, 2.05) is 18.2 Å². The molecule has 1 aromatic rings. The van der Waals surface area contributed by atoms with E-state index in [-0.39, 0.29) is 5.91 Å². The van der Waals surface area contributed by atoms with Crippen LogP contribution in [0.1, 0.15) is 38.2 Å². The van der Waals surface area contributed by atoms with Crippen LogP contribution in [0, 0.1) is 5.92 Å². The third-order valence-electron chi connectivity index (χ3n) is 4.06. The maximum absolute atomic E-state index is 11.8. The van der Waals surface area contributed by atoms with Gasteiger partial charge in [-0.3, -0.25) is 4.79 Å². The van der Waals surface area contributed by atoms with Gasteiger partial charge in [-0.2, -0.15) is 0 Å². The van der Waals surface area contributed by atoms with Crippen LogP contribution in [0.5, 0.6) is 0 Å². The van der Waals surface area contributed by atoms with Crippen LogP contribution in [0.3, 0.4) is 0 Å². The van der Waals surface area contributed by atoms with Gasteiger partial charge in [-0.25, -0.2) is 0 Å². The maximum Gasteiger partial charge on any atom is 0.220 e. The van der Waals surface area contributed by atoms with E-state index in [4.69, 9.17) is 0 Å². The lowest BCUT2D eigenvalue weighted by molar-refractivity contribution is -0.121. The second kappa shape index (κ2) is 8.05. The highest BCUT2D eigenvalue weighted by atomic mass is 16.1. The van der Waals surface area contributed by atoms with Crippen molar-refractivity contribution in [2.45, 2.75) is 45.1 Å². The average Bonchev–Trinajstić information content (AvgIpc) is 2.48. The second-order valence-corrected chi connectivity index (χ2v) is 5.90. The minimum absolute atomic E-state index is 0.194. The number of benzene rings is 1. The molecular formula is C17H26N2O. The molecule has 1 heterocycles. The molecule has 0 bridgehead atoms. The predicted molar refractivity (Wildman–Crippen MR) is 82.6 cm³/mol. The monoisotopic (exact) mass is 274 g/mol. The zero-order chi connectivity index (χ0) is 14.2. The fourth-order valence-electron chi connectivity index (χ4n) is 2.68. The smallest absolute Gasteiger partial charge is 0.220 e. The standard InChI is InChI=1S/C17H26N2O/c1-14-10-11-16(12-18-14)13-19-17(20)9-5-8-15-6-3-2-4-7-15/h2-4,6-7,14,16,18H,5,8-13H2,1H3,(H,19,20). The Labute approximate surface area is 122 Å². The summed E-state index contributed by atoms with van der Waals surface area (Å²) in [5.74, 6) is 0.795. The van der Waals surface area contributed by atoms with Gasteiger partial charge in [-0.15, -0.1) is 0 Å². The quantitative estimate of drug-likeness (QED) is 0.837. The molecule has 2 rings (SSSR count). The number of amides is 1. The van der Waals surface area contributed by atoms with Gasteiger partial charge in [0.2, 0.25) is 5.91 Å². The number of carbonyl (C=O) groups is 1. The zero-order valence-electron chi connectivity index (χ0n) is 12.4. The molecule has 0 aliphatic carbocycles. The minimum Gasteiger partial charge on any atom is -0.356 e. The van der Waals surface area contributed by atoms with Crippen LogP contribution in [0.2, 0.25) is 0 Å². The van der Waals surface area contributed by atoms with Gasteiger partial charge in [0.1, 0.15) is 0 Å². The van der Waals surface area contributed by atoms with Gasteiger partial charge >= 0.3 is 0 Å². The zero-order valence-corrected chi connectivity index (χ0v) is 12.4. The van der Waals surface area contributed by atoms with Crippen molar-refractivity contribution in [2.24, 2.45) is 5.92 Å². The Morgan fingerprint density at radius 3 is 2.80 bits per heavy atom. The number of piperidine rings is 1. The molecule has 0 spiro atoms. The van der Waals surface area contributed by atoms with E-state index in [9.17, 15) is 4.79 Å². The first-order valence-corrected chi connectivity index (χ1v) is 7.78. The first-order valence-electron chi connectivity index (χ1n) is 7.78. The molecular weight excluding hydrogens is 248 g/mol. The van der Waals surface area contributed by atoms with E-state index >= 15 is 0 Å². The second-order valence-electron chi connectivity index (χ2n) is 5.90. The highest BCUT2D eigenvalue weighted by molar-refractivity contribution is 5.75. The normalized spacial score (nSPS) is 22.4. The molecule has 2 atom stereocenters. The van der Waals surface area contributed by atoms with Gasteiger partial charge in [-0.05, 0) is 50.6 Å². The fraction of sp³-hybridized carbons (Fsp3) is 0.588. The van der Waals surface area contributed by atoms with Crippen LogP contribution < -0.4 is 10.6 Å². The van der Waals surface area contributed by atoms with Crippen LogP contribution in [-0.4, -0.2) is 25.0 Å². The van der Waals surface area contributed by atoms with Crippen molar-refractivity contribution >= 4 is 5.91 Å². The molecule has 3 heteroatoms. The largest absolute Gasteiger partial charge is 0.356 e. The van der Waals surface area contributed by atoms with Gasteiger partial charge in [0.05, 0.1) is 0 Å². The van der Waals surface area contributed by atoms with E-state index in [1.165, 1.54) is 18.4 Å². The highest BCUT2D eigenvalue weighted by Crippen LogP contribution is 2.13. The lowest BCUT2D eigenvalue weighted by Crippen LogP contribution is -2.41. The third-order valence-corrected chi connectivity index (χ3v) is 4.06. The SMILES string of the molecule is CC1CCC(CNC(=O)CCCc2ccccc2)CN1. The van der Waals surface area contributed by atoms with E-state index in [1.54, 1.807) is 0 Å². The highest BCUT2D eigenvalue weighted by Gasteiger charge is 2.17. The van der Waals surface area contributed by atoms with Crippen LogP contribution in [0.4, 0.5) is 0 Å². The van der Waals surface area contributed by atoms with E-state index in [2.05, 4.69) is 29.7 Å². The summed E-state index contributed by atoms with van der Waals surface area (Å²) in [6, 6.07) is 11.0. The summed E-state index contributed by atoms with van der Waals surface area (Å²) in [6.45, 7) is 4.08. The van der Waals surface area contributed by atoms with Crippen molar-refractivity contribution < 1.29 is 4.79 Å². The number of rotatable bonds is 6. The van der Waals surface area contributed by atoms with Crippen molar-refractivity contribution in [3.8, 4) is 0 Å². The molecule has 1 fully saturated rings. The first kappa shape index (κ1) is 15.0. The van der Waals surface area contributed by atoms with E-state index in [0.29, 0.717) is 18.4 Å². The maximum atomic E-state index is 11.8. The Hall–Kier alpha value is -1.35. The topological polar surface area (TPSA) is 41.1 Å². The molecule has 20 heavy (non-hydrogen) atoms. The summed E-state index contributed by atoms with van der Waals surface area (Å²) in [4.78, 5) is 11.8. The van der Waals surface area contributed by atoms with E-state index < -0.39 is 0 Å². The Balaban J connectivity index is 1.56. The molecule has 3 nitrogen and oxygen atoms in total. The Kier molecular flexibility index (Phi) is 6.06. The number of nitrogens with one attached hydrogen (secondary N) is 2. The van der Waals surface area contributed by atoms with Crippen LogP contribution in [0.15, 0.2) is 30.3 Å².